The average Bonchev–Trinajstić information content (AvgIpc) is 2.64. The van der Waals surface area contributed by atoms with Crippen molar-refractivity contribution in [3.8, 4) is 11.8 Å². The minimum absolute atomic E-state index is 0. The van der Waals surface area contributed by atoms with Gasteiger partial charge in [0.05, 0.1) is 11.9 Å². The highest BCUT2D eigenvalue weighted by Crippen LogP contribution is 1.95. The first-order chi connectivity index (χ1) is 4.39. The maximum Gasteiger partial charge on any atom is 0.0794 e. The number of halogens is 1. The second-order valence-corrected chi connectivity index (χ2v) is 2.38. The summed E-state index contributed by atoms with van der Waals surface area (Å²) in [6.07, 6.45) is 1.00. The van der Waals surface area contributed by atoms with E-state index in [1.54, 1.807) is 11.3 Å². The Hall–Kier alpha value is -0.330. The third kappa shape index (κ3) is 5.80. The Labute approximate surface area is 75.3 Å². The van der Waals surface area contributed by atoms with Crippen LogP contribution < -0.4 is 0 Å². The van der Waals surface area contributed by atoms with E-state index in [2.05, 4.69) is 16.8 Å². The normalized spacial score (nSPS) is 9.30. The van der Waals surface area contributed by atoms with Gasteiger partial charge in [0.1, 0.15) is 0 Å². The molecule has 2 rings (SSSR count). The molecule has 0 saturated carbocycles. The average molecular weight is 218 g/mol. The van der Waals surface area contributed by atoms with Crippen molar-refractivity contribution >= 4 is 28.3 Å². The van der Waals surface area contributed by atoms with Gasteiger partial charge in [0.15, 0.2) is 0 Å². The lowest BCUT2D eigenvalue weighted by Crippen LogP contribution is -1.59. The summed E-state index contributed by atoms with van der Waals surface area (Å²) in [7, 11) is 0. The summed E-state index contributed by atoms with van der Waals surface area (Å²) in [6.45, 7) is 1.98. The highest BCUT2D eigenvalue weighted by atomic mass is 79.9. The number of rotatable bonds is 0. The van der Waals surface area contributed by atoms with Crippen LogP contribution in [0.15, 0.2) is 10.9 Å². The molecule has 0 aromatic carbocycles. The van der Waals surface area contributed by atoms with Gasteiger partial charge in [0, 0.05) is 11.1 Å². The fourth-order valence-corrected chi connectivity index (χ4v) is 0.819. The van der Waals surface area contributed by atoms with Crippen LogP contribution in [0.1, 0.15) is 12.1 Å². The molecule has 0 unspecified atom stereocenters. The molecule has 0 radical (unpaired) electrons. The Morgan fingerprint density at radius 3 is 2.30 bits per heavy atom. The molecule has 0 amide bonds. The van der Waals surface area contributed by atoms with Gasteiger partial charge >= 0.3 is 0 Å². The van der Waals surface area contributed by atoms with Crippen LogP contribution in [-0.2, 0) is 0 Å². The molecule has 10 heavy (non-hydrogen) atoms. The molecule has 0 bridgehead atoms. The number of aryl methyl sites for hydroxylation is 1. The van der Waals surface area contributed by atoms with Crippen molar-refractivity contribution in [3.05, 3.63) is 16.6 Å². The maximum absolute atomic E-state index is 3.94. The van der Waals surface area contributed by atoms with Gasteiger partial charge in [0.2, 0.25) is 0 Å². The lowest BCUT2D eigenvalue weighted by Gasteiger charge is -1.64. The molecule has 0 spiro atoms. The molecule has 0 saturated heterocycles. The molecule has 54 valence electrons. The SMILES string of the molecule is Br.C1#CC1.Cc1cscn1. The van der Waals surface area contributed by atoms with E-state index in [0.717, 1.165) is 12.1 Å². The highest BCUT2D eigenvalue weighted by molar-refractivity contribution is 8.93. The molecule has 3 heteroatoms. The van der Waals surface area contributed by atoms with Gasteiger partial charge in [-0.25, -0.2) is 0 Å². The smallest absolute Gasteiger partial charge is 0.0794 e. The minimum Gasteiger partial charge on any atom is -0.250 e. The highest BCUT2D eigenvalue weighted by Gasteiger charge is 1.76. The van der Waals surface area contributed by atoms with E-state index < -0.39 is 0 Å². The molecule has 0 N–H and O–H groups in total. The summed E-state index contributed by atoms with van der Waals surface area (Å²) in [6, 6.07) is 0. The van der Waals surface area contributed by atoms with Gasteiger partial charge in [-0.1, -0.05) is 11.8 Å². The van der Waals surface area contributed by atoms with Crippen molar-refractivity contribution in [2.45, 2.75) is 13.3 Å². The van der Waals surface area contributed by atoms with Crippen LogP contribution in [0.2, 0.25) is 0 Å². The maximum atomic E-state index is 3.94. The van der Waals surface area contributed by atoms with E-state index in [4.69, 9.17) is 0 Å². The monoisotopic (exact) mass is 217 g/mol. The predicted octanol–water partition coefficient (Wildman–Crippen LogP) is 2.42. The third-order valence-electron chi connectivity index (χ3n) is 0.733. The molecule has 0 fully saturated rings. The molecule has 1 nitrogen and oxygen atoms in total. The van der Waals surface area contributed by atoms with Crippen LogP contribution in [0.5, 0.6) is 0 Å². The Morgan fingerprint density at radius 1 is 1.60 bits per heavy atom. The lowest BCUT2D eigenvalue weighted by atomic mass is 10.6. The second kappa shape index (κ2) is 5.45. The van der Waals surface area contributed by atoms with Crippen molar-refractivity contribution in [1.29, 1.82) is 0 Å². The summed E-state index contributed by atoms with van der Waals surface area (Å²) in [5.41, 5.74) is 2.94. The summed E-state index contributed by atoms with van der Waals surface area (Å²) in [5.74, 6) is 5.50. The Balaban J connectivity index is 0.000000174. The fourth-order valence-electron chi connectivity index (χ4n) is 0.273. The zero-order chi connectivity index (χ0) is 6.53. The van der Waals surface area contributed by atoms with Crippen LogP contribution in [0.4, 0.5) is 0 Å². The molecule has 1 heterocycles. The van der Waals surface area contributed by atoms with Crippen molar-refractivity contribution in [1.82, 2.24) is 4.98 Å². The van der Waals surface area contributed by atoms with Crippen molar-refractivity contribution in [3.63, 3.8) is 0 Å². The predicted molar refractivity (Wildman–Crippen MR) is 49.6 cm³/mol. The van der Waals surface area contributed by atoms with E-state index in [1.165, 1.54) is 0 Å². The van der Waals surface area contributed by atoms with Crippen molar-refractivity contribution in [2.24, 2.45) is 0 Å². The first-order valence-corrected chi connectivity index (χ1v) is 3.64. The van der Waals surface area contributed by atoms with Gasteiger partial charge in [-0.3, -0.25) is 4.98 Å². The Morgan fingerprint density at radius 2 is 2.20 bits per heavy atom. The zero-order valence-corrected chi connectivity index (χ0v) is 8.16. The molecule has 0 atom stereocenters. The summed E-state index contributed by atoms with van der Waals surface area (Å²) < 4.78 is 0. The van der Waals surface area contributed by atoms with Crippen LogP contribution in [0.3, 0.4) is 0 Å². The van der Waals surface area contributed by atoms with E-state index in [-0.39, 0.29) is 17.0 Å². The van der Waals surface area contributed by atoms with Crippen LogP contribution in [0.25, 0.3) is 0 Å². The zero-order valence-electron chi connectivity index (χ0n) is 5.63. The number of hydrogen-bond acceptors (Lipinski definition) is 2. The van der Waals surface area contributed by atoms with Gasteiger partial charge in [-0.05, 0) is 6.92 Å². The van der Waals surface area contributed by atoms with E-state index >= 15 is 0 Å². The van der Waals surface area contributed by atoms with E-state index in [1.807, 2.05) is 17.8 Å². The number of nitrogens with zero attached hydrogens (tertiary/aromatic N) is 1. The van der Waals surface area contributed by atoms with Crippen LogP contribution >= 0.6 is 28.3 Å². The molecule has 0 aliphatic heterocycles. The molecular weight excluding hydrogens is 210 g/mol. The molecular formula is C7H8BrNS. The second-order valence-electron chi connectivity index (χ2n) is 1.66. The first kappa shape index (κ1) is 9.67. The molecule has 1 aromatic heterocycles. The lowest BCUT2D eigenvalue weighted by molar-refractivity contribution is 1.27. The topological polar surface area (TPSA) is 12.9 Å². The first-order valence-electron chi connectivity index (χ1n) is 2.70. The molecule has 1 aliphatic rings. The van der Waals surface area contributed by atoms with E-state index in [0.29, 0.717) is 0 Å². The summed E-state index contributed by atoms with van der Waals surface area (Å²) in [4.78, 5) is 3.94. The number of thiazole rings is 1. The van der Waals surface area contributed by atoms with Crippen molar-refractivity contribution < 1.29 is 0 Å². The third-order valence-corrected chi connectivity index (χ3v) is 1.44. The summed E-state index contributed by atoms with van der Waals surface area (Å²) in [5, 5.41) is 2.01. The number of aromatic nitrogens is 1. The van der Waals surface area contributed by atoms with Gasteiger partial charge in [-0.15, -0.1) is 28.3 Å². The largest absolute Gasteiger partial charge is 0.250 e. The van der Waals surface area contributed by atoms with E-state index in [9.17, 15) is 0 Å². The standard InChI is InChI=1S/C4H5NS.C3H2.BrH/c1-4-2-6-3-5-4;1-2-3-1;/h2-3H,1H3;1H2;1H. The fraction of sp³-hybridized carbons (Fsp3) is 0.286. The van der Waals surface area contributed by atoms with Gasteiger partial charge in [-0.2, -0.15) is 0 Å². The Bertz CT molecular complexity index is 213. The van der Waals surface area contributed by atoms with Crippen LogP contribution in [-0.4, -0.2) is 4.98 Å². The van der Waals surface area contributed by atoms with Gasteiger partial charge in [0.25, 0.3) is 0 Å². The Kier molecular flexibility index (Phi) is 5.27. The van der Waals surface area contributed by atoms with Crippen molar-refractivity contribution in [2.75, 3.05) is 0 Å². The molecule has 1 aromatic rings. The van der Waals surface area contributed by atoms with Crippen LogP contribution in [0, 0.1) is 18.8 Å². The minimum atomic E-state index is 0. The quantitative estimate of drug-likeness (QED) is 0.609. The summed E-state index contributed by atoms with van der Waals surface area (Å²) >= 11 is 1.63. The van der Waals surface area contributed by atoms with Gasteiger partial charge < -0.3 is 0 Å². The number of hydrogen-bond donors (Lipinski definition) is 0. The molecule has 1 aliphatic carbocycles.